The average molecular weight is 407 g/mol. The molecule has 1 aromatic heterocycles. The molecule has 2 aromatic carbocycles. The van der Waals surface area contributed by atoms with Crippen molar-refractivity contribution in [2.45, 2.75) is 12.8 Å². The van der Waals surface area contributed by atoms with E-state index in [9.17, 15) is 14.4 Å². The highest BCUT2D eigenvalue weighted by Crippen LogP contribution is 2.33. The summed E-state index contributed by atoms with van der Waals surface area (Å²) in [5, 5.41) is 7.76. The molecular weight excluding hydrogens is 390 g/mol. The summed E-state index contributed by atoms with van der Waals surface area (Å²) in [6.07, 6.45) is 0.226. The maximum absolute atomic E-state index is 12.2. The topological polar surface area (TPSA) is 97.4 Å². The fraction of sp³-hybridized carbons (Fsp3) is 0.143. The van der Waals surface area contributed by atoms with Crippen LogP contribution in [0.15, 0.2) is 53.9 Å². The number of nitrogens with zero attached hydrogens (tertiary/aromatic N) is 1. The van der Waals surface area contributed by atoms with Crippen LogP contribution in [0, 0.1) is 0 Å². The zero-order chi connectivity index (χ0) is 20.2. The summed E-state index contributed by atoms with van der Waals surface area (Å²) in [6, 6.07) is 14.3. The molecule has 0 radical (unpaired) electrons. The number of hydrogen-bond acceptors (Lipinski definition) is 6. The molecule has 0 saturated carbocycles. The fourth-order valence-electron chi connectivity index (χ4n) is 2.88. The maximum atomic E-state index is 12.2. The minimum Gasteiger partial charge on any atom is -0.482 e. The molecule has 0 saturated heterocycles. The van der Waals surface area contributed by atoms with Crippen LogP contribution in [-0.2, 0) is 9.59 Å². The van der Waals surface area contributed by atoms with E-state index >= 15 is 0 Å². The number of nitrogens with one attached hydrogen (secondary N) is 2. The third kappa shape index (κ3) is 4.49. The molecular formula is C21H17N3O4S. The Balaban J connectivity index is 1.37. The zero-order valence-corrected chi connectivity index (χ0v) is 16.1. The van der Waals surface area contributed by atoms with Crippen molar-refractivity contribution >= 4 is 39.8 Å². The number of anilines is 2. The third-order valence-corrected chi connectivity index (χ3v) is 5.09. The van der Waals surface area contributed by atoms with Crippen LogP contribution in [0.4, 0.5) is 10.8 Å². The van der Waals surface area contributed by atoms with Gasteiger partial charge < -0.3 is 15.4 Å². The summed E-state index contributed by atoms with van der Waals surface area (Å²) in [6.45, 7) is 0.00596. The van der Waals surface area contributed by atoms with Gasteiger partial charge in [-0.3, -0.25) is 14.4 Å². The van der Waals surface area contributed by atoms with Gasteiger partial charge in [-0.15, -0.1) is 11.3 Å². The first-order valence-electron chi connectivity index (χ1n) is 8.99. The average Bonchev–Trinajstić information content (AvgIpc) is 3.20. The summed E-state index contributed by atoms with van der Waals surface area (Å²) in [4.78, 5) is 40.2. The molecule has 1 aliphatic rings. The lowest BCUT2D eigenvalue weighted by atomic mass is 10.1. The van der Waals surface area contributed by atoms with E-state index in [1.807, 2.05) is 17.5 Å². The SMILES string of the molecule is O=C(CCC(=O)c1ccccc1)Nc1nc(-c2ccc3c(c2)NC(=O)CO3)cs1. The lowest BCUT2D eigenvalue weighted by molar-refractivity contribution is -0.118. The van der Waals surface area contributed by atoms with Crippen molar-refractivity contribution in [1.29, 1.82) is 0 Å². The highest BCUT2D eigenvalue weighted by molar-refractivity contribution is 7.14. The standard InChI is InChI=1S/C21H17N3O4S/c25-17(13-4-2-1-3-5-13)7-9-19(26)24-21-23-16(12-29-21)14-6-8-18-15(10-14)22-20(27)11-28-18/h1-6,8,10,12H,7,9,11H2,(H,22,27)(H,23,24,26). The van der Waals surface area contributed by atoms with Gasteiger partial charge in [0.15, 0.2) is 17.5 Å². The van der Waals surface area contributed by atoms with E-state index < -0.39 is 0 Å². The second kappa shape index (κ2) is 8.24. The molecule has 0 aliphatic carbocycles. The number of thiazole rings is 1. The molecule has 2 heterocycles. The summed E-state index contributed by atoms with van der Waals surface area (Å²) in [5.74, 6) is 0.0753. The van der Waals surface area contributed by atoms with Crippen molar-refractivity contribution in [2.75, 3.05) is 17.2 Å². The van der Waals surface area contributed by atoms with Crippen molar-refractivity contribution in [3.05, 3.63) is 59.5 Å². The van der Waals surface area contributed by atoms with Crippen LogP contribution in [-0.4, -0.2) is 29.2 Å². The van der Waals surface area contributed by atoms with Gasteiger partial charge in [-0.05, 0) is 18.2 Å². The van der Waals surface area contributed by atoms with Crippen LogP contribution in [0.2, 0.25) is 0 Å². The Morgan fingerprint density at radius 3 is 2.79 bits per heavy atom. The number of hydrogen-bond donors (Lipinski definition) is 2. The van der Waals surface area contributed by atoms with Crippen molar-refractivity contribution in [2.24, 2.45) is 0 Å². The molecule has 0 unspecified atom stereocenters. The Kier molecular flexibility index (Phi) is 5.35. The Morgan fingerprint density at radius 1 is 1.14 bits per heavy atom. The van der Waals surface area contributed by atoms with Gasteiger partial charge >= 0.3 is 0 Å². The summed E-state index contributed by atoms with van der Waals surface area (Å²) < 4.78 is 5.35. The number of rotatable bonds is 6. The van der Waals surface area contributed by atoms with Crippen LogP contribution in [0.25, 0.3) is 11.3 Å². The van der Waals surface area contributed by atoms with Gasteiger partial charge in [0.2, 0.25) is 5.91 Å². The predicted octanol–water partition coefficient (Wildman–Crippen LogP) is 3.74. The first-order valence-corrected chi connectivity index (χ1v) is 9.87. The van der Waals surface area contributed by atoms with E-state index in [-0.39, 0.29) is 37.0 Å². The number of carbonyl (C=O) groups is 3. The Morgan fingerprint density at radius 2 is 1.97 bits per heavy atom. The molecule has 0 bridgehead atoms. The Labute approximate surface area is 170 Å². The first-order chi connectivity index (χ1) is 14.1. The molecule has 0 atom stereocenters. The number of benzene rings is 2. The van der Waals surface area contributed by atoms with Crippen molar-refractivity contribution in [3.8, 4) is 17.0 Å². The van der Waals surface area contributed by atoms with Crippen LogP contribution in [0.5, 0.6) is 5.75 Å². The highest BCUT2D eigenvalue weighted by atomic mass is 32.1. The van der Waals surface area contributed by atoms with Crippen molar-refractivity contribution < 1.29 is 19.1 Å². The van der Waals surface area contributed by atoms with E-state index in [4.69, 9.17) is 4.74 Å². The van der Waals surface area contributed by atoms with Gasteiger partial charge in [-0.2, -0.15) is 0 Å². The lowest BCUT2D eigenvalue weighted by Gasteiger charge is -2.18. The number of Topliss-reactive ketones (excluding diaryl/α,β-unsaturated/α-hetero) is 1. The number of fused-ring (bicyclic) bond motifs is 1. The molecule has 2 N–H and O–H groups in total. The Hall–Kier alpha value is -3.52. The molecule has 4 rings (SSSR count). The largest absolute Gasteiger partial charge is 0.482 e. The second-order valence-electron chi connectivity index (χ2n) is 6.42. The van der Waals surface area contributed by atoms with Gasteiger partial charge in [0.25, 0.3) is 5.91 Å². The molecule has 1 aliphatic heterocycles. The molecule has 29 heavy (non-hydrogen) atoms. The fourth-order valence-corrected chi connectivity index (χ4v) is 3.62. The zero-order valence-electron chi connectivity index (χ0n) is 15.3. The smallest absolute Gasteiger partial charge is 0.262 e. The minimum atomic E-state index is -0.263. The van der Waals surface area contributed by atoms with Crippen molar-refractivity contribution in [3.63, 3.8) is 0 Å². The third-order valence-electron chi connectivity index (χ3n) is 4.33. The molecule has 3 aromatic rings. The van der Waals surface area contributed by atoms with E-state index in [2.05, 4.69) is 15.6 Å². The maximum Gasteiger partial charge on any atom is 0.262 e. The minimum absolute atomic E-state index is 0.00596. The van der Waals surface area contributed by atoms with Gasteiger partial charge in [-0.25, -0.2) is 4.98 Å². The van der Waals surface area contributed by atoms with Crippen LogP contribution < -0.4 is 15.4 Å². The summed E-state index contributed by atoms with van der Waals surface area (Å²) in [5.41, 5.74) is 2.66. The summed E-state index contributed by atoms with van der Waals surface area (Å²) >= 11 is 1.29. The Bertz CT molecular complexity index is 1080. The molecule has 0 spiro atoms. The van der Waals surface area contributed by atoms with E-state index in [1.54, 1.807) is 36.4 Å². The first kappa shape index (κ1) is 18.8. The monoisotopic (exact) mass is 407 g/mol. The molecule has 2 amide bonds. The van der Waals surface area contributed by atoms with E-state index in [0.29, 0.717) is 27.8 Å². The molecule has 0 fully saturated rings. The van der Waals surface area contributed by atoms with Gasteiger partial charge in [0.05, 0.1) is 11.4 Å². The molecule has 146 valence electrons. The van der Waals surface area contributed by atoms with Gasteiger partial charge in [0, 0.05) is 29.3 Å². The predicted molar refractivity (Wildman–Crippen MR) is 110 cm³/mol. The highest BCUT2D eigenvalue weighted by Gasteiger charge is 2.17. The quantitative estimate of drug-likeness (QED) is 0.607. The van der Waals surface area contributed by atoms with E-state index in [0.717, 1.165) is 5.56 Å². The number of aromatic nitrogens is 1. The van der Waals surface area contributed by atoms with Crippen LogP contribution >= 0.6 is 11.3 Å². The van der Waals surface area contributed by atoms with Crippen LogP contribution in [0.1, 0.15) is 23.2 Å². The van der Waals surface area contributed by atoms with Crippen molar-refractivity contribution in [1.82, 2.24) is 4.98 Å². The number of carbonyl (C=O) groups excluding carboxylic acids is 3. The summed E-state index contributed by atoms with van der Waals surface area (Å²) in [7, 11) is 0. The van der Waals surface area contributed by atoms with E-state index in [1.165, 1.54) is 11.3 Å². The number of ketones is 1. The number of amides is 2. The van der Waals surface area contributed by atoms with Crippen LogP contribution in [0.3, 0.4) is 0 Å². The molecule has 8 heteroatoms. The van der Waals surface area contributed by atoms with Gasteiger partial charge in [-0.1, -0.05) is 30.3 Å². The number of ether oxygens (including phenoxy) is 1. The molecule has 7 nitrogen and oxygen atoms in total. The normalized spacial score (nSPS) is 12.5. The lowest BCUT2D eigenvalue weighted by Crippen LogP contribution is -2.25. The second-order valence-corrected chi connectivity index (χ2v) is 7.28. The van der Waals surface area contributed by atoms with Gasteiger partial charge in [0.1, 0.15) is 5.75 Å².